The summed E-state index contributed by atoms with van der Waals surface area (Å²) in [6.45, 7) is 3.91. The van der Waals surface area contributed by atoms with Crippen LogP contribution in [0.5, 0.6) is 5.75 Å². The summed E-state index contributed by atoms with van der Waals surface area (Å²) >= 11 is 0. The second kappa shape index (κ2) is 9.46. The lowest BCUT2D eigenvalue weighted by Crippen LogP contribution is -2.36. The maximum atomic E-state index is 12.9. The van der Waals surface area contributed by atoms with Crippen molar-refractivity contribution in [1.29, 1.82) is 0 Å². The molecule has 0 N–H and O–H groups in total. The summed E-state index contributed by atoms with van der Waals surface area (Å²) in [6, 6.07) is 12.1. The average molecular weight is 462 g/mol. The zero-order valence-electron chi connectivity index (χ0n) is 20.0. The predicted molar refractivity (Wildman–Crippen MR) is 133 cm³/mol. The lowest BCUT2D eigenvalue weighted by Gasteiger charge is -2.30. The van der Waals surface area contributed by atoms with Crippen LogP contribution in [-0.2, 0) is 4.74 Å². The lowest BCUT2D eigenvalue weighted by molar-refractivity contribution is 0.0827. The van der Waals surface area contributed by atoms with Gasteiger partial charge in [0.1, 0.15) is 11.6 Å². The Morgan fingerprint density at radius 1 is 1.15 bits per heavy atom. The number of rotatable bonds is 5. The van der Waals surface area contributed by atoms with E-state index in [-0.39, 0.29) is 11.9 Å². The van der Waals surface area contributed by atoms with Gasteiger partial charge in [-0.3, -0.25) is 9.78 Å². The molecular weight excluding hydrogens is 430 g/mol. The Kier molecular flexibility index (Phi) is 6.24. The van der Waals surface area contributed by atoms with Gasteiger partial charge in [0.25, 0.3) is 5.91 Å². The Morgan fingerprint density at radius 3 is 2.74 bits per heavy atom. The zero-order chi connectivity index (χ0) is 23.7. The molecule has 34 heavy (non-hydrogen) atoms. The van der Waals surface area contributed by atoms with Crippen molar-refractivity contribution in [3.8, 4) is 5.75 Å². The van der Waals surface area contributed by atoms with E-state index in [9.17, 15) is 4.79 Å². The van der Waals surface area contributed by atoms with E-state index in [2.05, 4.69) is 21.9 Å². The second-order valence-electron chi connectivity index (χ2n) is 9.01. The minimum atomic E-state index is -0.0341. The monoisotopic (exact) mass is 461 g/mol. The van der Waals surface area contributed by atoms with Gasteiger partial charge in [0.15, 0.2) is 0 Å². The van der Waals surface area contributed by atoms with Crippen LogP contribution in [0.25, 0.3) is 11.0 Å². The van der Waals surface area contributed by atoms with E-state index in [0.717, 1.165) is 66.3 Å². The number of anilines is 2. The normalized spacial score (nSPS) is 18.4. The molecule has 0 aliphatic carbocycles. The second-order valence-corrected chi connectivity index (χ2v) is 9.01. The number of morpholine rings is 1. The van der Waals surface area contributed by atoms with Crippen LogP contribution in [-0.4, -0.2) is 74.8 Å². The largest absolute Gasteiger partial charge is 0.497 e. The Balaban J connectivity index is 1.63. The van der Waals surface area contributed by atoms with Crippen molar-refractivity contribution < 1.29 is 14.3 Å². The summed E-state index contributed by atoms with van der Waals surface area (Å²) in [5.41, 5.74) is 4.40. The quantitative estimate of drug-likeness (QED) is 0.576. The molecule has 2 fully saturated rings. The SMILES string of the molecule is COc1cccc(N2CCCC2c2cc(C(=O)N(C)C)cc3ncc(N4CCOCC4)nc23)c1. The Bertz CT molecular complexity index is 1190. The maximum Gasteiger partial charge on any atom is 0.253 e. The smallest absolute Gasteiger partial charge is 0.253 e. The first-order valence-corrected chi connectivity index (χ1v) is 11.8. The van der Waals surface area contributed by atoms with Gasteiger partial charge < -0.3 is 24.2 Å². The van der Waals surface area contributed by atoms with Crippen LogP contribution in [0.2, 0.25) is 0 Å². The molecule has 0 radical (unpaired) electrons. The van der Waals surface area contributed by atoms with Crippen LogP contribution < -0.4 is 14.5 Å². The van der Waals surface area contributed by atoms with Crippen LogP contribution >= 0.6 is 0 Å². The number of carbonyl (C=O) groups excluding carboxylic acids is 1. The Morgan fingerprint density at radius 2 is 1.97 bits per heavy atom. The summed E-state index contributed by atoms with van der Waals surface area (Å²) in [6.07, 6.45) is 3.86. The molecule has 3 aromatic rings. The molecule has 8 nitrogen and oxygen atoms in total. The van der Waals surface area contributed by atoms with Crippen LogP contribution in [0, 0.1) is 0 Å². The third kappa shape index (κ3) is 4.25. The number of benzene rings is 2. The zero-order valence-corrected chi connectivity index (χ0v) is 20.0. The molecule has 0 saturated carbocycles. The van der Waals surface area contributed by atoms with Crippen LogP contribution in [0.15, 0.2) is 42.6 Å². The number of hydrogen-bond acceptors (Lipinski definition) is 7. The van der Waals surface area contributed by atoms with Crippen molar-refractivity contribution in [2.75, 3.05) is 63.9 Å². The summed E-state index contributed by atoms with van der Waals surface area (Å²) < 4.78 is 11.0. The van der Waals surface area contributed by atoms with Crippen molar-refractivity contribution in [3.63, 3.8) is 0 Å². The fraction of sp³-hybridized carbons (Fsp3) is 0.423. The number of aromatic nitrogens is 2. The van der Waals surface area contributed by atoms with Crippen LogP contribution in [0.1, 0.15) is 34.8 Å². The Hall–Kier alpha value is -3.39. The highest BCUT2D eigenvalue weighted by atomic mass is 16.5. The van der Waals surface area contributed by atoms with Crippen molar-refractivity contribution in [2.24, 2.45) is 0 Å². The molecule has 0 bridgehead atoms. The fourth-order valence-corrected chi connectivity index (χ4v) is 4.90. The highest BCUT2D eigenvalue weighted by molar-refractivity contribution is 5.98. The average Bonchev–Trinajstić information content (AvgIpc) is 3.37. The summed E-state index contributed by atoms with van der Waals surface area (Å²) in [5, 5.41) is 0. The molecule has 2 aliphatic heterocycles. The van der Waals surface area contributed by atoms with E-state index in [4.69, 9.17) is 19.4 Å². The summed E-state index contributed by atoms with van der Waals surface area (Å²) in [4.78, 5) is 29.0. The van der Waals surface area contributed by atoms with Gasteiger partial charge in [-0.05, 0) is 37.1 Å². The van der Waals surface area contributed by atoms with Gasteiger partial charge in [-0.1, -0.05) is 6.07 Å². The standard InChI is InChI=1S/C26H31N5O3/c1-29(2)26(32)18-14-21(23-8-5-9-31(23)19-6-4-7-20(16-19)33-3)25-22(15-18)27-17-24(28-25)30-10-12-34-13-11-30/h4,6-7,14-17,23H,5,8-13H2,1-3H3. The third-order valence-corrected chi connectivity index (χ3v) is 6.65. The van der Waals surface area contributed by atoms with E-state index in [1.54, 1.807) is 26.1 Å². The van der Waals surface area contributed by atoms with Gasteiger partial charge in [-0.25, -0.2) is 4.98 Å². The minimum Gasteiger partial charge on any atom is -0.497 e. The first-order chi connectivity index (χ1) is 16.5. The molecular formula is C26H31N5O3. The van der Waals surface area contributed by atoms with E-state index in [1.165, 1.54) is 0 Å². The minimum absolute atomic E-state index is 0.0341. The van der Waals surface area contributed by atoms with Gasteiger partial charge in [0, 0.05) is 56.6 Å². The molecule has 0 spiro atoms. The first-order valence-electron chi connectivity index (χ1n) is 11.8. The van der Waals surface area contributed by atoms with Crippen molar-refractivity contribution >= 4 is 28.4 Å². The molecule has 8 heteroatoms. The van der Waals surface area contributed by atoms with E-state index < -0.39 is 0 Å². The topological polar surface area (TPSA) is 71.0 Å². The summed E-state index contributed by atoms with van der Waals surface area (Å²) in [5.74, 6) is 1.65. The number of carbonyl (C=O) groups is 1. The molecule has 2 aromatic carbocycles. The molecule has 3 heterocycles. The van der Waals surface area contributed by atoms with Crippen LogP contribution in [0.4, 0.5) is 11.5 Å². The van der Waals surface area contributed by atoms with E-state index >= 15 is 0 Å². The van der Waals surface area contributed by atoms with Crippen molar-refractivity contribution in [3.05, 3.63) is 53.7 Å². The van der Waals surface area contributed by atoms with Gasteiger partial charge in [-0.15, -0.1) is 0 Å². The molecule has 5 rings (SSSR count). The van der Waals surface area contributed by atoms with E-state index in [1.807, 2.05) is 30.5 Å². The van der Waals surface area contributed by atoms with Crippen LogP contribution in [0.3, 0.4) is 0 Å². The number of hydrogen-bond donors (Lipinski definition) is 0. The van der Waals surface area contributed by atoms with E-state index in [0.29, 0.717) is 18.8 Å². The molecule has 2 saturated heterocycles. The number of nitrogens with zero attached hydrogens (tertiary/aromatic N) is 5. The lowest BCUT2D eigenvalue weighted by atomic mass is 9.98. The predicted octanol–water partition coefficient (Wildman–Crippen LogP) is 3.52. The van der Waals surface area contributed by atoms with Gasteiger partial charge in [0.2, 0.25) is 0 Å². The van der Waals surface area contributed by atoms with Gasteiger partial charge in [0.05, 0.1) is 43.6 Å². The number of methoxy groups -OCH3 is 1. The van der Waals surface area contributed by atoms with Gasteiger partial charge >= 0.3 is 0 Å². The van der Waals surface area contributed by atoms with Crippen molar-refractivity contribution in [1.82, 2.24) is 14.9 Å². The highest BCUT2D eigenvalue weighted by Crippen LogP contribution is 2.40. The molecule has 1 amide bonds. The van der Waals surface area contributed by atoms with Gasteiger partial charge in [-0.2, -0.15) is 0 Å². The molecule has 1 atom stereocenters. The Labute approximate surface area is 200 Å². The third-order valence-electron chi connectivity index (χ3n) is 6.65. The first kappa shape index (κ1) is 22.4. The van der Waals surface area contributed by atoms with Crippen molar-refractivity contribution in [2.45, 2.75) is 18.9 Å². The fourth-order valence-electron chi connectivity index (χ4n) is 4.90. The molecule has 178 valence electrons. The molecule has 2 aliphatic rings. The number of fused-ring (bicyclic) bond motifs is 1. The summed E-state index contributed by atoms with van der Waals surface area (Å²) in [7, 11) is 5.24. The maximum absolute atomic E-state index is 12.9. The molecule has 1 aromatic heterocycles. The number of amides is 1. The molecule has 1 unspecified atom stereocenters. The number of ether oxygens (including phenoxy) is 2. The highest BCUT2D eigenvalue weighted by Gasteiger charge is 2.30.